The summed E-state index contributed by atoms with van der Waals surface area (Å²) in [6.45, 7) is 1.88. The van der Waals surface area contributed by atoms with Gasteiger partial charge in [-0.1, -0.05) is 18.2 Å². The van der Waals surface area contributed by atoms with Crippen molar-refractivity contribution in [2.24, 2.45) is 7.05 Å². The van der Waals surface area contributed by atoms with Crippen LogP contribution in [-0.4, -0.2) is 21.4 Å². The molecule has 1 atom stereocenters. The van der Waals surface area contributed by atoms with Gasteiger partial charge in [-0.05, 0) is 38.7 Å². The van der Waals surface area contributed by atoms with E-state index in [0.29, 0.717) is 0 Å². The Balaban J connectivity index is 1.54. The van der Waals surface area contributed by atoms with Crippen LogP contribution in [0.2, 0.25) is 0 Å². The number of benzene rings is 1. The van der Waals surface area contributed by atoms with Crippen molar-refractivity contribution in [3.63, 3.8) is 0 Å². The number of carbonyl (C=O) groups is 1. The van der Waals surface area contributed by atoms with Gasteiger partial charge in [-0.15, -0.1) is 0 Å². The van der Waals surface area contributed by atoms with Crippen molar-refractivity contribution in [2.75, 3.05) is 5.32 Å². The van der Waals surface area contributed by atoms with Gasteiger partial charge in [0.2, 0.25) is 0 Å². The highest BCUT2D eigenvalue weighted by Gasteiger charge is 2.43. The van der Waals surface area contributed by atoms with Gasteiger partial charge in [-0.3, -0.25) is 4.68 Å². The molecule has 25 heavy (non-hydrogen) atoms. The van der Waals surface area contributed by atoms with E-state index < -0.39 is 0 Å². The van der Waals surface area contributed by atoms with Gasteiger partial charge in [-0.25, -0.2) is 4.79 Å². The predicted octanol–water partition coefficient (Wildman–Crippen LogP) is 3.69. The van der Waals surface area contributed by atoms with Gasteiger partial charge in [-0.2, -0.15) is 5.10 Å². The third-order valence-corrected chi connectivity index (χ3v) is 5.28. The van der Waals surface area contributed by atoms with Crippen LogP contribution in [-0.2, 0) is 7.05 Å². The summed E-state index contributed by atoms with van der Waals surface area (Å²) in [6.07, 6.45) is 7.13. The molecular formula is C19H24N4O2. The van der Waals surface area contributed by atoms with Crippen molar-refractivity contribution < 1.29 is 9.53 Å². The standard InChI is InChI=1S/C19H24N4O2/c1-13-16(12-23(2)22-13)21-18(24)20-15-11-19(9-5-6-10-19)25-17-8-4-3-7-14(15)17/h3-4,7-8,12,15H,5-6,9-11H2,1-2H3,(H2,20,21,24)/t15-/m1/s1. The predicted molar refractivity (Wildman–Crippen MR) is 95.7 cm³/mol. The van der Waals surface area contributed by atoms with Crippen LogP contribution in [0.15, 0.2) is 30.5 Å². The number of nitrogens with one attached hydrogen (secondary N) is 2. The first-order valence-electron chi connectivity index (χ1n) is 8.90. The van der Waals surface area contributed by atoms with Crippen molar-refractivity contribution in [3.8, 4) is 5.75 Å². The molecule has 2 amide bonds. The van der Waals surface area contributed by atoms with Crippen LogP contribution in [0, 0.1) is 6.92 Å². The van der Waals surface area contributed by atoms with Gasteiger partial charge in [0, 0.05) is 25.2 Å². The fraction of sp³-hybridized carbons (Fsp3) is 0.474. The molecule has 2 heterocycles. The van der Waals surface area contributed by atoms with E-state index in [1.807, 2.05) is 44.4 Å². The minimum Gasteiger partial charge on any atom is -0.487 e. The number of urea groups is 1. The third-order valence-electron chi connectivity index (χ3n) is 5.28. The summed E-state index contributed by atoms with van der Waals surface area (Å²) in [7, 11) is 1.84. The zero-order chi connectivity index (χ0) is 17.4. The van der Waals surface area contributed by atoms with E-state index in [1.54, 1.807) is 4.68 Å². The molecule has 0 saturated heterocycles. The second-order valence-electron chi connectivity index (χ2n) is 7.19. The number of hydrogen-bond donors (Lipinski definition) is 2. The van der Waals surface area contributed by atoms with E-state index in [1.165, 1.54) is 12.8 Å². The Hall–Kier alpha value is -2.50. The lowest BCUT2D eigenvalue weighted by atomic mass is 9.86. The number of amides is 2. The van der Waals surface area contributed by atoms with Crippen LogP contribution >= 0.6 is 0 Å². The smallest absolute Gasteiger partial charge is 0.319 e. The van der Waals surface area contributed by atoms with Crippen molar-refractivity contribution in [1.29, 1.82) is 0 Å². The Morgan fingerprint density at radius 3 is 2.80 bits per heavy atom. The average Bonchev–Trinajstić information content (AvgIpc) is 3.14. The molecule has 4 rings (SSSR count). The molecule has 132 valence electrons. The molecule has 6 heteroatoms. The van der Waals surface area contributed by atoms with E-state index in [2.05, 4.69) is 15.7 Å². The van der Waals surface area contributed by atoms with Crippen LogP contribution in [0.5, 0.6) is 5.75 Å². The molecule has 6 nitrogen and oxygen atoms in total. The second-order valence-corrected chi connectivity index (χ2v) is 7.19. The molecule has 1 aromatic heterocycles. The molecule has 1 saturated carbocycles. The lowest BCUT2D eigenvalue weighted by Crippen LogP contribution is -2.44. The van der Waals surface area contributed by atoms with E-state index in [-0.39, 0.29) is 17.7 Å². The zero-order valence-corrected chi connectivity index (χ0v) is 14.7. The maximum absolute atomic E-state index is 12.6. The number of nitrogens with zero attached hydrogens (tertiary/aromatic N) is 2. The van der Waals surface area contributed by atoms with Crippen LogP contribution in [0.3, 0.4) is 0 Å². The highest BCUT2D eigenvalue weighted by Crippen LogP contribution is 2.46. The Kier molecular flexibility index (Phi) is 3.90. The van der Waals surface area contributed by atoms with Crippen LogP contribution in [0.25, 0.3) is 0 Å². The van der Waals surface area contributed by atoms with Crippen molar-refractivity contribution >= 4 is 11.7 Å². The number of anilines is 1. The summed E-state index contributed by atoms with van der Waals surface area (Å²) >= 11 is 0. The Labute approximate surface area is 147 Å². The molecule has 0 unspecified atom stereocenters. The Morgan fingerprint density at radius 2 is 2.08 bits per heavy atom. The van der Waals surface area contributed by atoms with Gasteiger partial charge < -0.3 is 15.4 Å². The van der Waals surface area contributed by atoms with Crippen molar-refractivity contribution in [1.82, 2.24) is 15.1 Å². The minimum absolute atomic E-state index is 0.0416. The van der Waals surface area contributed by atoms with E-state index in [4.69, 9.17) is 4.74 Å². The minimum atomic E-state index is -0.203. The molecule has 2 N–H and O–H groups in total. The highest BCUT2D eigenvalue weighted by molar-refractivity contribution is 5.90. The largest absolute Gasteiger partial charge is 0.487 e. The Bertz CT molecular complexity index is 792. The number of para-hydroxylation sites is 1. The lowest BCUT2D eigenvalue weighted by Gasteiger charge is -2.40. The summed E-state index contributed by atoms with van der Waals surface area (Å²) in [5.41, 5.74) is 2.46. The summed E-state index contributed by atoms with van der Waals surface area (Å²) < 4.78 is 8.04. The molecule has 1 fully saturated rings. The first kappa shape index (κ1) is 16.0. The lowest BCUT2D eigenvalue weighted by molar-refractivity contribution is 0.0388. The molecule has 2 aliphatic rings. The fourth-order valence-electron chi connectivity index (χ4n) is 4.11. The number of carbonyl (C=O) groups excluding carboxylic acids is 1. The molecule has 1 aromatic carbocycles. The second kappa shape index (κ2) is 6.10. The monoisotopic (exact) mass is 340 g/mol. The van der Waals surface area contributed by atoms with Gasteiger partial charge >= 0.3 is 6.03 Å². The third kappa shape index (κ3) is 3.08. The quantitative estimate of drug-likeness (QED) is 0.876. The summed E-state index contributed by atoms with van der Waals surface area (Å²) in [5.74, 6) is 0.901. The normalized spacial score (nSPS) is 20.8. The summed E-state index contributed by atoms with van der Waals surface area (Å²) in [5, 5.41) is 10.3. The summed E-state index contributed by atoms with van der Waals surface area (Å²) in [4.78, 5) is 12.6. The topological polar surface area (TPSA) is 68.2 Å². The van der Waals surface area contributed by atoms with Gasteiger partial charge in [0.1, 0.15) is 11.4 Å². The molecule has 0 bridgehead atoms. The maximum Gasteiger partial charge on any atom is 0.319 e. The summed E-state index contributed by atoms with van der Waals surface area (Å²) in [6, 6.07) is 7.78. The van der Waals surface area contributed by atoms with Crippen molar-refractivity contribution in [2.45, 2.75) is 50.7 Å². The van der Waals surface area contributed by atoms with E-state index in [9.17, 15) is 4.79 Å². The van der Waals surface area contributed by atoms with Crippen LogP contribution in [0.4, 0.5) is 10.5 Å². The molecule has 0 radical (unpaired) electrons. The first-order chi connectivity index (χ1) is 12.0. The highest BCUT2D eigenvalue weighted by atomic mass is 16.5. The molecule has 1 aliphatic heterocycles. The zero-order valence-electron chi connectivity index (χ0n) is 14.7. The Morgan fingerprint density at radius 1 is 1.32 bits per heavy atom. The number of rotatable bonds is 2. The number of ether oxygens (including phenoxy) is 1. The van der Waals surface area contributed by atoms with Gasteiger partial charge in [0.25, 0.3) is 0 Å². The number of fused-ring (bicyclic) bond motifs is 1. The van der Waals surface area contributed by atoms with Crippen LogP contribution < -0.4 is 15.4 Å². The molecule has 1 spiro atoms. The van der Waals surface area contributed by atoms with E-state index >= 15 is 0 Å². The van der Waals surface area contributed by atoms with Gasteiger partial charge in [0.05, 0.1) is 17.4 Å². The first-order valence-corrected chi connectivity index (χ1v) is 8.90. The molecule has 1 aliphatic carbocycles. The maximum atomic E-state index is 12.6. The van der Waals surface area contributed by atoms with Crippen molar-refractivity contribution in [3.05, 3.63) is 41.7 Å². The number of hydrogen-bond acceptors (Lipinski definition) is 3. The SMILES string of the molecule is Cc1nn(C)cc1NC(=O)N[C@@H]1CC2(CCCC2)Oc2ccccc21. The number of aromatic nitrogens is 2. The van der Waals surface area contributed by atoms with Crippen LogP contribution in [0.1, 0.15) is 49.4 Å². The fourth-order valence-corrected chi connectivity index (χ4v) is 4.11. The number of aryl methyl sites for hydroxylation is 2. The molecule has 2 aromatic rings. The average molecular weight is 340 g/mol. The van der Waals surface area contributed by atoms with Gasteiger partial charge in [0.15, 0.2) is 0 Å². The molecular weight excluding hydrogens is 316 g/mol. The van der Waals surface area contributed by atoms with E-state index in [0.717, 1.165) is 42.0 Å².